The molecule has 0 aromatic heterocycles. The van der Waals surface area contributed by atoms with E-state index in [0.29, 0.717) is 18.0 Å². The van der Waals surface area contributed by atoms with E-state index < -0.39 is 10.0 Å². The van der Waals surface area contributed by atoms with Gasteiger partial charge >= 0.3 is 0 Å². The Morgan fingerprint density at radius 3 is 2.68 bits per heavy atom. The zero-order chi connectivity index (χ0) is 13.7. The number of aliphatic hydroxyl groups is 1. The predicted molar refractivity (Wildman–Crippen MR) is 72.9 cm³/mol. The lowest BCUT2D eigenvalue weighted by atomic mass is 9.86. The third kappa shape index (κ3) is 3.57. The van der Waals surface area contributed by atoms with E-state index in [2.05, 4.69) is 16.6 Å². The summed E-state index contributed by atoms with van der Waals surface area (Å²) in [5, 5.41) is 8.70. The van der Waals surface area contributed by atoms with Gasteiger partial charge in [-0.05, 0) is 30.9 Å². The second-order valence-electron chi connectivity index (χ2n) is 4.60. The summed E-state index contributed by atoms with van der Waals surface area (Å²) in [6, 6.07) is 6.57. The topological polar surface area (TPSA) is 66.4 Å². The highest BCUT2D eigenvalue weighted by atomic mass is 32.2. The molecule has 1 aromatic rings. The number of aliphatic hydroxyl groups excluding tert-OH is 1. The van der Waals surface area contributed by atoms with Gasteiger partial charge in [0.1, 0.15) is 6.61 Å². The highest BCUT2D eigenvalue weighted by Crippen LogP contribution is 2.26. The van der Waals surface area contributed by atoms with Crippen LogP contribution < -0.4 is 4.72 Å². The summed E-state index contributed by atoms with van der Waals surface area (Å²) in [5.41, 5.74) is 0.414. The largest absolute Gasteiger partial charge is 0.384 e. The van der Waals surface area contributed by atoms with Gasteiger partial charge in [0.25, 0.3) is 0 Å². The van der Waals surface area contributed by atoms with Gasteiger partial charge in [-0.3, -0.25) is 0 Å². The van der Waals surface area contributed by atoms with E-state index in [0.717, 1.165) is 12.8 Å². The number of hydrogen-bond donors (Lipinski definition) is 2. The Bertz CT molecular complexity index is 595. The summed E-state index contributed by atoms with van der Waals surface area (Å²) in [7, 11) is -3.53. The lowest BCUT2D eigenvalue weighted by Crippen LogP contribution is -2.32. The van der Waals surface area contributed by atoms with Crippen LogP contribution in [0.25, 0.3) is 0 Å². The summed E-state index contributed by atoms with van der Waals surface area (Å²) < 4.78 is 27.1. The molecule has 2 rings (SSSR count). The molecule has 1 aromatic carbocycles. The maximum absolute atomic E-state index is 12.2. The minimum Gasteiger partial charge on any atom is -0.384 e. The molecule has 0 amide bonds. The zero-order valence-electron chi connectivity index (χ0n) is 10.6. The van der Waals surface area contributed by atoms with Gasteiger partial charge in [0.15, 0.2) is 0 Å². The van der Waals surface area contributed by atoms with Crippen molar-refractivity contribution in [2.75, 3.05) is 13.2 Å². The summed E-state index contributed by atoms with van der Waals surface area (Å²) in [6.07, 6.45) is 3.37. The number of benzene rings is 1. The molecule has 1 saturated carbocycles. The van der Waals surface area contributed by atoms with E-state index in [-0.39, 0.29) is 11.5 Å². The third-order valence-electron chi connectivity index (χ3n) is 3.27. The van der Waals surface area contributed by atoms with E-state index in [1.807, 2.05) is 0 Å². The van der Waals surface area contributed by atoms with Crippen LogP contribution in [-0.2, 0) is 10.0 Å². The molecule has 0 unspecified atom stereocenters. The average molecular weight is 279 g/mol. The maximum atomic E-state index is 12.2. The fourth-order valence-corrected chi connectivity index (χ4v) is 3.22. The van der Waals surface area contributed by atoms with Crippen LogP contribution in [0.3, 0.4) is 0 Å². The number of sulfonamides is 1. The monoisotopic (exact) mass is 279 g/mol. The van der Waals surface area contributed by atoms with Gasteiger partial charge in [-0.2, -0.15) is 0 Å². The fourth-order valence-electron chi connectivity index (χ4n) is 1.94. The van der Waals surface area contributed by atoms with Crippen molar-refractivity contribution in [2.45, 2.75) is 24.2 Å². The molecule has 0 heterocycles. The Morgan fingerprint density at radius 2 is 2.05 bits per heavy atom. The van der Waals surface area contributed by atoms with E-state index in [9.17, 15) is 8.42 Å². The highest BCUT2D eigenvalue weighted by molar-refractivity contribution is 7.89. The van der Waals surface area contributed by atoms with Gasteiger partial charge in [0.05, 0.1) is 4.90 Å². The first-order valence-corrected chi connectivity index (χ1v) is 7.80. The quantitative estimate of drug-likeness (QED) is 0.811. The van der Waals surface area contributed by atoms with Crippen molar-refractivity contribution in [1.29, 1.82) is 0 Å². The van der Waals surface area contributed by atoms with Crippen molar-refractivity contribution >= 4 is 10.0 Å². The number of nitrogens with one attached hydrogen (secondary N) is 1. The van der Waals surface area contributed by atoms with Crippen LogP contribution in [0.1, 0.15) is 24.8 Å². The minimum absolute atomic E-state index is 0.176. The van der Waals surface area contributed by atoms with Crippen LogP contribution >= 0.6 is 0 Å². The molecule has 1 aliphatic carbocycles. The average Bonchev–Trinajstić information content (AvgIpc) is 2.34. The van der Waals surface area contributed by atoms with Crippen molar-refractivity contribution < 1.29 is 13.5 Å². The number of rotatable bonds is 4. The summed E-state index contributed by atoms with van der Waals surface area (Å²) in [6.45, 7) is 0.202. The van der Waals surface area contributed by atoms with Crippen molar-refractivity contribution in [1.82, 2.24) is 4.72 Å². The van der Waals surface area contributed by atoms with Crippen LogP contribution in [0.5, 0.6) is 0 Å². The first-order chi connectivity index (χ1) is 9.13. The lowest BCUT2D eigenvalue weighted by molar-refractivity contribution is 0.316. The van der Waals surface area contributed by atoms with Crippen LogP contribution in [0, 0.1) is 17.8 Å². The van der Waals surface area contributed by atoms with Crippen LogP contribution in [0.15, 0.2) is 29.2 Å². The van der Waals surface area contributed by atoms with Gasteiger partial charge < -0.3 is 5.11 Å². The second-order valence-corrected chi connectivity index (χ2v) is 6.34. The van der Waals surface area contributed by atoms with Crippen LogP contribution in [-0.4, -0.2) is 26.7 Å². The SMILES string of the molecule is O=S(=O)(NCC1CCC1)c1ccccc1C#CCO. The van der Waals surface area contributed by atoms with E-state index in [1.54, 1.807) is 18.2 Å². The van der Waals surface area contributed by atoms with Crippen molar-refractivity contribution in [3.8, 4) is 11.8 Å². The van der Waals surface area contributed by atoms with Gasteiger partial charge in [-0.1, -0.05) is 30.4 Å². The van der Waals surface area contributed by atoms with Gasteiger partial charge in [-0.15, -0.1) is 0 Å². The molecule has 0 radical (unpaired) electrons. The second kappa shape index (κ2) is 6.20. The molecule has 0 bridgehead atoms. The van der Waals surface area contributed by atoms with E-state index in [1.165, 1.54) is 12.5 Å². The van der Waals surface area contributed by atoms with Crippen molar-refractivity contribution in [2.24, 2.45) is 5.92 Å². The Kier molecular flexibility index (Phi) is 4.59. The molecule has 102 valence electrons. The minimum atomic E-state index is -3.53. The Balaban J connectivity index is 2.18. The van der Waals surface area contributed by atoms with Crippen molar-refractivity contribution in [3.63, 3.8) is 0 Å². The molecular weight excluding hydrogens is 262 g/mol. The first-order valence-electron chi connectivity index (χ1n) is 6.32. The number of hydrogen-bond acceptors (Lipinski definition) is 3. The highest BCUT2D eigenvalue weighted by Gasteiger charge is 2.22. The molecule has 1 fully saturated rings. The molecular formula is C14H17NO3S. The Morgan fingerprint density at radius 1 is 1.32 bits per heavy atom. The standard InChI is InChI=1S/C14H17NO3S/c16-10-4-8-13-7-1-2-9-14(13)19(17,18)15-11-12-5-3-6-12/h1-2,7,9,12,15-16H,3,5-6,10-11H2. The summed E-state index contributed by atoms with van der Waals surface area (Å²) >= 11 is 0. The van der Waals surface area contributed by atoms with Gasteiger partial charge in [0.2, 0.25) is 10.0 Å². The van der Waals surface area contributed by atoms with Crippen LogP contribution in [0.4, 0.5) is 0 Å². The van der Waals surface area contributed by atoms with Gasteiger partial charge in [0, 0.05) is 12.1 Å². The summed E-state index contributed by atoms with van der Waals surface area (Å²) in [4.78, 5) is 0.176. The molecule has 2 N–H and O–H groups in total. The molecule has 0 aliphatic heterocycles. The van der Waals surface area contributed by atoms with E-state index in [4.69, 9.17) is 5.11 Å². The molecule has 0 atom stereocenters. The Hall–Kier alpha value is -1.35. The third-order valence-corrected chi connectivity index (χ3v) is 4.75. The maximum Gasteiger partial charge on any atom is 0.241 e. The molecule has 1 aliphatic rings. The van der Waals surface area contributed by atoms with Crippen LogP contribution in [0.2, 0.25) is 0 Å². The predicted octanol–water partition coefficient (Wildman–Crippen LogP) is 1.11. The van der Waals surface area contributed by atoms with E-state index >= 15 is 0 Å². The molecule has 0 saturated heterocycles. The fraction of sp³-hybridized carbons (Fsp3) is 0.429. The first kappa shape index (κ1) is 14.1. The zero-order valence-corrected chi connectivity index (χ0v) is 11.4. The lowest BCUT2D eigenvalue weighted by Gasteiger charge is -2.25. The molecule has 4 nitrogen and oxygen atoms in total. The summed E-state index contributed by atoms with van der Waals surface area (Å²) in [5.74, 6) is 5.61. The normalized spacial score (nSPS) is 15.4. The van der Waals surface area contributed by atoms with Gasteiger partial charge in [-0.25, -0.2) is 13.1 Å². The molecule has 5 heteroatoms. The smallest absolute Gasteiger partial charge is 0.241 e. The Labute approximate surface area is 113 Å². The molecule has 19 heavy (non-hydrogen) atoms. The molecule has 0 spiro atoms. The van der Waals surface area contributed by atoms with Crippen molar-refractivity contribution in [3.05, 3.63) is 29.8 Å².